The van der Waals surface area contributed by atoms with Gasteiger partial charge in [-0.05, 0) is 35.9 Å². The van der Waals surface area contributed by atoms with Crippen LogP contribution < -0.4 is 14.9 Å². The molecule has 28 heavy (non-hydrogen) atoms. The second-order valence-corrected chi connectivity index (χ2v) is 7.24. The Morgan fingerprint density at radius 3 is 2.43 bits per heavy atom. The molecular weight excluding hydrogens is 372 g/mol. The number of fused-ring (bicyclic) bond motifs is 3. The molecule has 0 spiro atoms. The van der Waals surface area contributed by atoms with Crippen molar-refractivity contribution < 1.29 is 9.47 Å². The van der Waals surface area contributed by atoms with Crippen LogP contribution in [0.4, 0.5) is 0 Å². The third kappa shape index (κ3) is 2.82. The predicted octanol–water partition coefficient (Wildman–Crippen LogP) is 5.34. The average molecular weight is 391 g/mol. The summed E-state index contributed by atoms with van der Waals surface area (Å²) in [5.74, 6) is 1.68. The van der Waals surface area contributed by atoms with Crippen LogP contribution in [-0.2, 0) is 0 Å². The van der Waals surface area contributed by atoms with Crippen LogP contribution in [0.3, 0.4) is 0 Å². The number of methoxy groups -OCH3 is 1. The van der Waals surface area contributed by atoms with Gasteiger partial charge in [-0.2, -0.15) is 5.01 Å². The maximum atomic E-state index is 6.41. The van der Waals surface area contributed by atoms with E-state index in [2.05, 4.69) is 22.6 Å². The fraction of sp³-hybridized carbons (Fsp3) is 0.130. The number of hydrogen-bond donors (Lipinski definition) is 1. The van der Waals surface area contributed by atoms with Gasteiger partial charge in [-0.3, -0.25) is 0 Å². The molecule has 0 saturated carbocycles. The first-order valence-electron chi connectivity index (χ1n) is 9.16. The molecule has 2 heterocycles. The second-order valence-electron chi connectivity index (χ2n) is 6.80. The molecule has 0 amide bonds. The van der Waals surface area contributed by atoms with E-state index >= 15 is 0 Å². The molecule has 4 nitrogen and oxygen atoms in total. The number of rotatable bonds is 3. The zero-order valence-corrected chi connectivity index (χ0v) is 16.1. The molecule has 2 aliphatic heterocycles. The smallest absolute Gasteiger partial charge is 0.199 e. The van der Waals surface area contributed by atoms with Crippen LogP contribution in [0.25, 0.3) is 5.70 Å². The number of hydrazine groups is 1. The normalized spacial score (nSPS) is 20.4. The highest BCUT2D eigenvalue weighted by Crippen LogP contribution is 2.47. The molecule has 0 radical (unpaired) electrons. The van der Waals surface area contributed by atoms with E-state index in [9.17, 15) is 0 Å². The van der Waals surface area contributed by atoms with Crippen molar-refractivity contribution in [1.29, 1.82) is 0 Å². The molecule has 2 aliphatic rings. The maximum absolute atomic E-state index is 6.41. The molecule has 0 aliphatic carbocycles. The quantitative estimate of drug-likeness (QED) is 0.654. The van der Waals surface area contributed by atoms with Crippen molar-refractivity contribution in [3.8, 4) is 11.5 Å². The van der Waals surface area contributed by atoms with Gasteiger partial charge in [0.05, 0.1) is 24.4 Å². The van der Waals surface area contributed by atoms with E-state index in [-0.39, 0.29) is 12.3 Å². The lowest BCUT2D eigenvalue weighted by atomic mass is 10.0. The van der Waals surface area contributed by atoms with E-state index in [1.54, 1.807) is 7.11 Å². The molecular formula is C23H19ClN2O2. The second kappa shape index (κ2) is 6.89. The Morgan fingerprint density at radius 2 is 1.64 bits per heavy atom. The van der Waals surface area contributed by atoms with Gasteiger partial charge in [0.1, 0.15) is 11.5 Å². The Bertz CT molecular complexity index is 1050. The van der Waals surface area contributed by atoms with Crippen molar-refractivity contribution in [2.45, 2.75) is 12.3 Å². The summed E-state index contributed by atoms with van der Waals surface area (Å²) in [6, 6.07) is 24.0. The van der Waals surface area contributed by atoms with Crippen LogP contribution in [0.2, 0.25) is 5.02 Å². The summed E-state index contributed by atoms with van der Waals surface area (Å²) >= 11 is 6.06. The first-order valence-corrected chi connectivity index (χ1v) is 9.53. The van der Waals surface area contributed by atoms with Crippen LogP contribution >= 0.6 is 11.6 Å². The van der Waals surface area contributed by atoms with Crippen molar-refractivity contribution in [3.63, 3.8) is 0 Å². The predicted molar refractivity (Wildman–Crippen MR) is 110 cm³/mol. The summed E-state index contributed by atoms with van der Waals surface area (Å²) in [7, 11) is 1.68. The summed E-state index contributed by atoms with van der Waals surface area (Å²) in [5, 5.41) is 2.85. The van der Waals surface area contributed by atoms with Gasteiger partial charge in [-0.25, -0.2) is 0 Å². The minimum Gasteiger partial charge on any atom is -0.496 e. The lowest BCUT2D eigenvalue weighted by Gasteiger charge is -2.39. The van der Waals surface area contributed by atoms with Crippen LogP contribution in [0.5, 0.6) is 11.5 Å². The molecule has 3 aromatic rings. The van der Waals surface area contributed by atoms with E-state index in [0.717, 1.165) is 38.9 Å². The fourth-order valence-electron chi connectivity index (χ4n) is 3.81. The monoisotopic (exact) mass is 390 g/mol. The number of nitrogens with one attached hydrogen (secondary N) is 1. The number of hydrogen-bond acceptors (Lipinski definition) is 4. The lowest BCUT2D eigenvalue weighted by Crippen LogP contribution is -2.43. The molecule has 3 aromatic carbocycles. The highest BCUT2D eigenvalue weighted by Gasteiger charge is 2.40. The van der Waals surface area contributed by atoms with Crippen LogP contribution in [0.1, 0.15) is 29.0 Å². The summed E-state index contributed by atoms with van der Waals surface area (Å²) in [6.07, 6.45) is 1.91. The number of nitrogens with zero attached hydrogens (tertiary/aromatic N) is 1. The number of ether oxygens (including phenoxy) is 2. The van der Waals surface area contributed by atoms with Gasteiger partial charge in [0.15, 0.2) is 6.23 Å². The molecule has 0 fully saturated rings. The van der Waals surface area contributed by atoms with Crippen LogP contribution in [-0.4, -0.2) is 12.1 Å². The Hall–Kier alpha value is -2.95. The highest BCUT2D eigenvalue weighted by molar-refractivity contribution is 6.30. The van der Waals surface area contributed by atoms with Gasteiger partial charge in [0.2, 0.25) is 0 Å². The van der Waals surface area contributed by atoms with Crippen molar-refractivity contribution in [2.24, 2.45) is 0 Å². The molecule has 5 heteroatoms. The minimum absolute atomic E-state index is 0.0468. The zero-order chi connectivity index (χ0) is 19.1. The van der Waals surface area contributed by atoms with Gasteiger partial charge in [-0.15, -0.1) is 0 Å². The summed E-state index contributed by atoms with van der Waals surface area (Å²) in [4.78, 5) is 0. The molecule has 140 valence electrons. The summed E-state index contributed by atoms with van der Waals surface area (Å²) < 4.78 is 12.0. The first kappa shape index (κ1) is 17.2. The molecule has 5 rings (SSSR count). The van der Waals surface area contributed by atoms with E-state index in [1.807, 2.05) is 66.7 Å². The topological polar surface area (TPSA) is 33.7 Å². The Balaban J connectivity index is 1.59. The molecule has 0 unspecified atom stereocenters. The summed E-state index contributed by atoms with van der Waals surface area (Å²) in [6.45, 7) is 0. The fourth-order valence-corrected chi connectivity index (χ4v) is 3.94. The highest BCUT2D eigenvalue weighted by atomic mass is 35.5. The van der Waals surface area contributed by atoms with Crippen LogP contribution in [0, 0.1) is 0 Å². The number of para-hydroxylation sites is 2. The van der Waals surface area contributed by atoms with Gasteiger partial charge in [-0.1, -0.05) is 60.1 Å². The van der Waals surface area contributed by atoms with Crippen molar-refractivity contribution in [3.05, 3.63) is 101 Å². The third-order valence-electron chi connectivity index (χ3n) is 5.16. The van der Waals surface area contributed by atoms with Gasteiger partial charge in [0.25, 0.3) is 0 Å². The standard InChI is InChI=1S/C23H19ClN2O2/c1-27-21-8-4-3-7-18(21)23-26-20(17-6-2-5-9-22(17)28-23)14-19(25-26)15-10-12-16(24)13-11-15/h2-14,20,23,25H,1H3/t20-,23-/m1/s1. The number of halogens is 1. The van der Waals surface area contributed by atoms with E-state index in [1.165, 1.54) is 0 Å². The summed E-state index contributed by atoms with van der Waals surface area (Å²) in [5.41, 5.74) is 7.75. The largest absolute Gasteiger partial charge is 0.496 e. The van der Waals surface area contributed by atoms with E-state index in [0.29, 0.717) is 0 Å². The molecule has 0 bridgehead atoms. The SMILES string of the molecule is COc1ccccc1[C@H]1Oc2ccccc2[C@H]2C=C(c3ccc(Cl)cc3)NN21. The third-order valence-corrected chi connectivity index (χ3v) is 5.41. The molecule has 2 atom stereocenters. The van der Waals surface area contributed by atoms with E-state index < -0.39 is 0 Å². The van der Waals surface area contributed by atoms with Crippen molar-refractivity contribution in [1.82, 2.24) is 10.4 Å². The molecule has 0 aromatic heterocycles. The Kier molecular flexibility index (Phi) is 4.23. The molecule has 1 N–H and O–H groups in total. The minimum atomic E-state index is -0.322. The molecule has 0 saturated heterocycles. The van der Waals surface area contributed by atoms with Crippen molar-refractivity contribution in [2.75, 3.05) is 7.11 Å². The van der Waals surface area contributed by atoms with Crippen LogP contribution in [0.15, 0.2) is 78.9 Å². The first-order chi connectivity index (χ1) is 13.7. The zero-order valence-electron chi connectivity index (χ0n) is 15.3. The van der Waals surface area contributed by atoms with Gasteiger partial charge in [0, 0.05) is 10.6 Å². The lowest BCUT2D eigenvalue weighted by molar-refractivity contribution is -0.0338. The van der Waals surface area contributed by atoms with Gasteiger partial charge >= 0.3 is 0 Å². The van der Waals surface area contributed by atoms with Crippen molar-refractivity contribution >= 4 is 17.3 Å². The Morgan fingerprint density at radius 1 is 0.929 bits per heavy atom. The average Bonchev–Trinajstić information content (AvgIpc) is 3.19. The number of benzene rings is 3. The Labute approximate surface area is 168 Å². The van der Waals surface area contributed by atoms with E-state index in [4.69, 9.17) is 21.1 Å². The van der Waals surface area contributed by atoms with Gasteiger partial charge < -0.3 is 14.9 Å². The maximum Gasteiger partial charge on any atom is 0.199 e.